The predicted molar refractivity (Wildman–Crippen MR) is 110 cm³/mol. The number of hydrogen-bond acceptors (Lipinski definition) is 0. The lowest BCUT2D eigenvalue weighted by Gasteiger charge is -2.17. The molecule has 0 nitrogen and oxygen atoms in total. The summed E-state index contributed by atoms with van der Waals surface area (Å²) in [5.41, 5.74) is 7.42. The average Bonchev–Trinajstić information content (AvgIpc) is 2.69. The first-order valence-corrected chi connectivity index (χ1v) is 9.14. The van der Waals surface area contributed by atoms with E-state index in [4.69, 9.17) is 0 Å². The standard InChI is InChI=1S/C25H25F/c1-5-20-7-10-22(11-8-20)23-14-12-21(13-15-23)18(3)19(4)24-9-6-17(2)25(26)16-24/h6-16,18H,4-5H2,1-3H3. The van der Waals surface area contributed by atoms with Crippen LogP contribution < -0.4 is 0 Å². The van der Waals surface area contributed by atoms with Crippen molar-refractivity contribution in [3.63, 3.8) is 0 Å². The molecule has 0 aliphatic rings. The first-order chi connectivity index (χ1) is 12.5. The summed E-state index contributed by atoms with van der Waals surface area (Å²) in [6.45, 7) is 10.3. The number of aryl methyl sites for hydroxylation is 2. The number of halogens is 1. The molecule has 0 aromatic heterocycles. The monoisotopic (exact) mass is 344 g/mol. The van der Waals surface area contributed by atoms with Gasteiger partial charge in [-0.15, -0.1) is 0 Å². The van der Waals surface area contributed by atoms with Crippen LogP contribution in [0.1, 0.15) is 42.0 Å². The van der Waals surface area contributed by atoms with E-state index in [-0.39, 0.29) is 11.7 Å². The van der Waals surface area contributed by atoms with Gasteiger partial charge in [0.2, 0.25) is 0 Å². The van der Waals surface area contributed by atoms with Gasteiger partial charge in [0.15, 0.2) is 0 Å². The Balaban J connectivity index is 1.80. The molecule has 0 saturated carbocycles. The van der Waals surface area contributed by atoms with Crippen molar-refractivity contribution in [3.05, 3.63) is 101 Å². The highest BCUT2D eigenvalue weighted by Gasteiger charge is 2.13. The van der Waals surface area contributed by atoms with Gasteiger partial charge in [-0.2, -0.15) is 0 Å². The molecule has 0 fully saturated rings. The molecule has 0 saturated heterocycles. The van der Waals surface area contributed by atoms with Crippen LogP contribution in [-0.2, 0) is 6.42 Å². The molecule has 132 valence electrons. The van der Waals surface area contributed by atoms with Crippen molar-refractivity contribution in [3.8, 4) is 11.1 Å². The van der Waals surface area contributed by atoms with Crippen LogP contribution in [-0.4, -0.2) is 0 Å². The molecule has 26 heavy (non-hydrogen) atoms. The highest BCUT2D eigenvalue weighted by Crippen LogP contribution is 2.32. The Kier molecular flexibility index (Phi) is 5.37. The Morgan fingerprint density at radius 1 is 0.923 bits per heavy atom. The van der Waals surface area contributed by atoms with E-state index in [1.807, 2.05) is 12.1 Å². The Morgan fingerprint density at radius 2 is 1.50 bits per heavy atom. The minimum atomic E-state index is -0.179. The Hall–Kier alpha value is -2.67. The fourth-order valence-electron chi connectivity index (χ4n) is 3.14. The maximum atomic E-state index is 13.9. The number of rotatable bonds is 5. The molecule has 0 heterocycles. The second-order valence-electron chi connectivity index (χ2n) is 6.88. The van der Waals surface area contributed by atoms with E-state index >= 15 is 0 Å². The second kappa shape index (κ2) is 7.70. The molecule has 3 aromatic carbocycles. The zero-order chi connectivity index (χ0) is 18.7. The van der Waals surface area contributed by atoms with Crippen molar-refractivity contribution in [2.45, 2.75) is 33.1 Å². The van der Waals surface area contributed by atoms with Crippen LogP contribution in [0.15, 0.2) is 73.3 Å². The summed E-state index contributed by atoms with van der Waals surface area (Å²) in [6, 6.07) is 22.6. The van der Waals surface area contributed by atoms with Gasteiger partial charge in [-0.05, 0) is 58.4 Å². The van der Waals surface area contributed by atoms with E-state index in [0.717, 1.165) is 17.6 Å². The maximum absolute atomic E-state index is 13.9. The molecule has 0 amide bonds. The molecule has 0 aliphatic heterocycles. The first-order valence-electron chi connectivity index (χ1n) is 9.14. The van der Waals surface area contributed by atoms with Gasteiger partial charge in [-0.3, -0.25) is 0 Å². The molecular weight excluding hydrogens is 319 g/mol. The van der Waals surface area contributed by atoms with E-state index in [2.05, 4.69) is 69.0 Å². The first kappa shape index (κ1) is 18.1. The highest BCUT2D eigenvalue weighted by atomic mass is 19.1. The minimum Gasteiger partial charge on any atom is -0.207 e. The lowest BCUT2D eigenvalue weighted by molar-refractivity contribution is 0.618. The summed E-state index contributed by atoms with van der Waals surface area (Å²) in [7, 11) is 0. The molecule has 1 heteroatoms. The van der Waals surface area contributed by atoms with Gasteiger partial charge < -0.3 is 0 Å². The van der Waals surface area contributed by atoms with E-state index in [0.29, 0.717) is 5.56 Å². The van der Waals surface area contributed by atoms with E-state index < -0.39 is 0 Å². The van der Waals surface area contributed by atoms with Gasteiger partial charge in [0, 0.05) is 5.92 Å². The zero-order valence-corrected chi connectivity index (χ0v) is 15.7. The second-order valence-corrected chi connectivity index (χ2v) is 6.88. The molecule has 1 atom stereocenters. The van der Waals surface area contributed by atoms with Crippen LogP contribution in [0.4, 0.5) is 4.39 Å². The fourth-order valence-corrected chi connectivity index (χ4v) is 3.14. The van der Waals surface area contributed by atoms with Crippen LogP contribution in [0.5, 0.6) is 0 Å². The van der Waals surface area contributed by atoms with Crippen molar-refractivity contribution in [2.24, 2.45) is 0 Å². The Labute approximate surface area is 156 Å². The fraction of sp³-hybridized carbons (Fsp3) is 0.200. The summed E-state index contributed by atoms with van der Waals surface area (Å²) < 4.78 is 13.9. The smallest absolute Gasteiger partial charge is 0.126 e. The maximum Gasteiger partial charge on any atom is 0.126 e. The lowest BCUT2D eigenvalue weighted by atomic mass is 9.88. The van der Waals surface area contributed by atoms with Crippen LogP contribution in [0.2, 0.25) is 0 Å². The predicted octanol–water partition coefficient (Wildman–Crippen LogP) is 7.18. The van der Waals surface area contributed by atoms with Gasteiger partial charge >= 0.3 is 0 Å². The summed E-state index contributed by atoms with van der Waals surface area (Å²) in [4.78, 5) is 0. The van der Waals surface area contributed by atoms with E-state index in [9.17, 15) is 4.39 Å². The van der Waals surface area contributed by atoms with E-state index in [1.165, 1.54) is 22.3 Å². The molecule has 0 radical (unpaired) electrons. The SMILES string of the molecule is C=C(c1ccc(C)c(F)c1)C(C)c1ccc(-c2ccc(CC)cc2)cc1. The number of allylic oxidation sites excluding steroid dienone is 1. The van der Waals surface area contributed by atoms with Crippen molar-refractivity contribution >= 4 is 5.57 Å². The quantitative estimate of drug-likeness (QED) is 0.460. The van der Waals surface area contributed by atoms with Crippen LogP contribution in [0, 0.1) is 12.7 Å². The molecule has 0 spiro atoms. The molecular formula is C25H25F. The van der Waals surface area contributed by atoms with Gasteiger partial charge in [0.05, 0.1) is 0 Å². The molecule has 0 bridgehead atoms. The number of benzene rings is 3. The molecule has 0 aliphatic carbocycles. The van der Waals surface area contributed by atoms with Crippen molar-refractivity contribution in [1.82, 2.24) is 0 Å². The summed E-state index contributed by atoms with van der Waals surface area (Å²) >= 11 is 0. The molecule has 3 rings (SSSR count). The van der Waals surface area contributed by atoms with Crippen molar-refractivity contribution in [2.75, 3.05) is 0 Å². The minimum absolute atomic E-state index is 0.133. The van der Waals surface area contributed by atoms with Crippen LogP contribution >= 0.6 is 0 Å². The normalized spacial score (nSPS) is 12.0. The molecule has 1 unspecified atom stereocenters. The zero-order valence-electron chi connectivity index (χ0n) is 15.7. The third kappa shape index (κ3) is 3.77. The van der Waals surface area contributed by atoms with E-state index in [1.54, 1.807) is 13.0 Å². The van der Waals surface area contributed by atoms with Gasteiger partial charge in [-0.1, -0.05) is 81.1 Å². The van der Waals surface area contributed by atoms with Gasteiger partial charge in [0.25, 0.3) is 0 Å². The molecule has 0 N–H and O–H groups in total. The topological polar surface area (TPSA) is 0 Å². The molecule has 3 aromatic rings. The Morgan fingerprint density at radius 3 is 2.04 bits per heavy atom. The van der Waals surface area contributed by atoms with Crippen molar-refractivity contribution < 1.29 is 4.39 Å². The van der Waals surface area contributed by atoms with Gasteiger partial charge in [-0.25, -0.2) is 4.39 Å². The van der Waals surface area contributed by atoms with Crippen LogP contribution in [0.3, 0.4) is 0 Å². The summed E-state index contributed by atoms with van der Waals surface area (Å²) in [5.74, 6) is -0.0460. The summed E-state index contributed by atoms with van der Waals surface area (Å²) in [5, 5.41) is 0. The number of hydrogen-bond donors (Lipinski definition) is 0. The average molecular weight is 344 g/mol. The third-order valence-electron chi connectivity index (χ3n) is 5.17. The van der Waals surface area contributed by atoms with Crippen molar-refractivity contribution in [1.29, 1.82) is 0 Å². The summed E-state index contributed by atoms with van der Waals surface area (Å²) in [6.07, 6.45) is 1.05. The van der Waals surface area contributed by atoms with Gasteiger partial charge in [0.1, 0.15) is 5.82 Å². The third-order valence-corrected chi connectivity index (χ3v) is 5.17. The largest absolute Gasteiger partial charge is 0.207 e. The highest BCUT2D eigenvalue weighted by molar-refractivity contribution is 5.71. The van der Waals surface area contributed by atoms with Crippen LogP contribution in [0.25, 0.3) is 16.7 Å². The lowest BCUT2D eigenvalue weighted by Crippen LogP contribution is -1.98. The Bertz CT molecular complexity index is 902.